The molecule has 1 N–H and O–H groups in total. The lowest BCUT2D eigenvalue weighted by atomic mass is 10.0. The molecular formula is C13H23F3N2O. The van der Waals surface area contributed by atoms with Crippen LogP contribution in [-0.2, 0) is 4.79 Å². The van der Waals surface area contributed by atoms with Crippen molar-refractivity contribution in [2.24, 2.45) is 5.92 Å². The molecule has 1 amide bonds. The first-order valence-corrected chi connectivity index (χ1v) is 6.86. The van der Waals surface area contributed by atoms with Gasteiger partial charge in [0.05, 0.1) is 0 Å². The normalized spacial score (nSPS) is 17.8. The quantitative estimate of drug-likeness (QED) is 0.839. The van der Waals surface area contributed by atoms with E-state index in [1.807, 2.05) is 13.8 Å². The second-order valence-electron chi connectivity index (χ2n) is 5.55. The van der Waals surface area contributed by atoms with Crippen molar-refractivity contribution in [3.8, 4) is 0 Å². The molecule has 3 nitrogen and oxygen atoms in total. The molecule has 0 unspecified atom stereocenters. The topological polar surface area (TPSA) is 32.3 Å². The van der Waals surface area contributed by atoms with Crippen molar-refractivity contribution >= 4 is 5.91 Å². The molecule has 0 aromatic rings. The maximum absolute atomic E-state index is 12.6. The molecule has 0 spiro atoms. The minimum atomic E-state index is -4.32. The van der Waals surface area contributed by atoms with Gasteiger partial charge >= 0.3 is 6.18 Å². The monoisotopic (exact) mass is 280 g/mol. The summed E-state index contributed by atoms with van der Waals surface area (Å²) in [6.45, 7) is 4.17. The van der Waals surface area contributed by atoms with E-state index in [4.69, 9.17) is 0 Å². The van der Waals surface area contributed by atoms with Gasteiger partial charge < -0.3 is 10.2 Å². The number of rotatable bonds is 5. The van der Waals surface area contributed by atoms with Crippen molar-refractivity contribution in [1.29, 1.82) is 0 Å². The summed E-state index contributed by atoms with van der Waals surface area (Å²) in [6, 6.07) is -0.275. The summed E-state index contributed by atoms with van der Waals surface area (Å²) in [5, 5.41) is 3.10. The van der Waals surface area contributed by atoms with Gasteiger partial charge in [-0.3, -0.25) is 4.79 Å². The number of carbonyl (C=O) groups is 1. The fraction of sp³-hybridized carbons (Fsp3) is 0.923. The molecule has 0 bridgehead atoms. The van der Waals surface area contributed by atoms with Crippen molar-refractivity contribution in [1.82, 2.24) is 10.2 Å². The minimum Gasteiger partial charge on any atom is -0.331 e. The Morgan fingerprint density at radius 2 is 1.89 bits per heavy atom. The second kappa shape index (κ2) is 7.12. The van der Waals surface area contributed by atoms with Crippen LogP contribution in [0.2, 0.25) is 0 Å². The summed E-state index contributed by atoms with van der Waals surface area (Å²) in [5.41, 5.74) is 0. The highest BCUT2D eigenvalue weighted by Crippen LogP contribution is 2.22. The summed E-state index contributed by atoms with van der Waals surface area (Å²) in [6.07, 6.45) is -2.28. The van der Waals surface area contributed by atoms with Gasteiger partial charge in [0.1, 0.15) is 6.54 Å². The van der Waals surface area contributed by atoms with Gasteiger partial charge in [-0.15, -0.1) is 0 Å². The number of nitrogens with zero attached hydrogens (tertiary/aromatic N) is 1. The van der Waals surface area contributed by atoms with Gasteiger partial charge in [-0.1, -0.05) is 13.8 Å². The molecule has 1 fully saturated rings. The molecule has 1 aliphatic rings. The third-order valence-corrected chi connectivity index (χ3v) is 3.35. The Labute approximate surface area is 112 Å². The van der Waals surface area contributed by atoms with Crippen molar-refractivity contribution in [3.63, 3.8) is 0 Å². The number of piperidine rings is 1. The highest BCUT2D eigenvalue weighted by atomic mass is 19.4. The molecule has 6 heteroatoms. The van der Waals surface area contributed by atoms with Crippen LogP contribution in [0.1, 0.15) is 39.5 Å². The zero-order chi connectivity index (χ0) is 14.5. The first-order valence-electron chi connectivity index (χ1n) is 6.86. The lowest BCUT2D eigenvalue weighted by Crippen LogP contribution is -2.49. The average molecular weight is 280 g/mol. The van der Waals surface area contributed by atoms with Gasteiger partial charge in [-0.25, -0.2) is 0 Å². The fourth-order valence-electron chi connectivity index (χ4n) is 2.29. The van der Waals surface area contributed by atoms with Gasteiger partial charge in [0.25, 0.3) is 0 Å². The first kappa shape index (κ1) is 16.3. The Morgan fingerprint density at radius 3 is 2.37 bits per heavy atom. The molecule has 0 aromatic heterocycles. The molecular weight excluding hydrogens is 257 g/mol. The maximum atomic E-state index is 12.6. The molecule has 0 saturated carbocycles. The van der Waals surface area contributed by atoms with Crippen LogP contribution in [0.15, 0.2) is 0 Å². The van der Waals surface area contributed by atoms with E-state index in [1.165, 1.54) is 0 Å². The van der Waals surface area contributed by atoms with Crippen LogP contribution in [0.5, 0.6) is 0 Å². The van der Waals surface area contributed by atoms with Gasteiger partial charge in [0.2, 0.25) is 5.91 Å². The van der Waals surface area contributed by atoms with Crippen molar-refractivity contribution in [2.75, 3.05) is 19.6 Å². The lowest BCUT2D eigenvalue weighted by Gasteiger charge is -2.35. The smallest absolute Gasteiger partial charge is 0.331 e. The largest absolute Gasteiger partial charge is 0.406 e. The molecule has 0 aromatic carbocycles. The van der Waals surface area contributed by atoms with E-state index >= 15 is 0 Å². The second-order valence-corrected chi connectivity index (χ2v) is 5.55. The minimum absolute atomic E-state index is 0.206. The van der Waals surface area contributed by atoms with E-state index in [9.17, 15) is 18.0 Å². The van der Waals surface area contributed by atoms with Gasteiger partial charge in [-0.05, 0) is 38.3 Å². The Morgan fingerprint density at radius 1 is 1.32 bits per heavy atom. The standard InChI is InChI=1S/C13H23F3N2O/c1-10(2)3-4-12(19)18(9-13(14,15)16)11-5-7-17-8-6-11/h10-11,17H,3-9H2,1-2H3. The number of hydrogen-bond acceptors (Lipinski definition) is 2. The van der Waals surface area contributed by atoms with Crippen LogP contribution in [0, 0.1) is 5.92 Å². The van der Waals surface area contributed by atoms with Gasteiger partial charge in [-0.2, -0.15) is 13.2 Å². The van der Waals surface area contributed by atoms with Crippen LogP contribution in [0.25, 0.3) is 0 Å². The Hall–Kier alpha value is -0.780. The van der Waals surface area contributed by atoms with Crippen LogP contribution >= 0.6 is 0 Å². The average Bonchev–Trinajstić information content (AvgIpc) is 2.33. The first-order chi connectivity index (χ1) is 8.79. The highest BCUT2D eigenvalue weighted by Gasteiger charge is 2.36. The van der Waals surface area contributed by atoms with Crippen LogP contribution in [0.3, 0.4) is 0 Å². The molecule has 19 heavy (non-hydrogen) atoms. The third-order valence-electron chi connectivity index (χ3n) is 3.35. The van der Waals surface area contributed by atoms with Gasteiger partial charge in [0, 0.05) is 12.5 Å². The summed E-state index contributed by atoms with van der Waals surface area (Å²) in [7, 11) is 0. The lowest BCUT2D eigenvalue weighted by molar-refractivity contribution is -0.167. The SMILES string of the molecule is CC(C)CCC(=O)N(CC(F)(F)F)C1CCNCC1. The molecule has 1 aliphatic heterocycles. The molecule has 1 saturated heterocycles. The highest BCUT2D eigenvalue weighted by molar-refractivity contribution is 5.76. The van der Waals surface area contributed by atoms with Crippen molar-refractivity contribution < 1.29 is 18.0 Å². The number of amides is 1. The molecule has 0 radical (unpaired) electrons. The summed E-state index contributed by atoms with van der Waals surface area (Å²) >= 11 is 0. The number of halogens is 3. The molecule has 1 heterocycles. The zero-order valence-corrected chi connectivity index (χ0v) is 11.6. The molecule has 1 rings (SSSR count). The van der Waals surface area contributed by atoms with E-state index in [0.717, 1.165) is 4.90 Å². The maximum Gasteiger partial charge on any atom is 0.406 e. The van der Waals surface area contributed by atoms with Crippen molar-refractivity contribution in [3.05, 3.63) is 0 Å². The number of alkyl halides is 3. The van der Waals surface area contributed by atoms with Crippen molar-refractivity contribution in [2.45, 2.75) is 51.7 Å². The van der Waals surface area contributed by atoms with E-state index < -0.39 is 12.7 Å². The number of nitrogens with one attached hydrogen (secondary N) is 1. The van der Waals surface area contributed by atoms with E-state index in [1.54, 1.807) is 0 Å². The number of hydrogen-bond donors (Lipinski definition) is 1. The molecule has 0 atom stereocenters. The van der Waals surface area contributed by atoms with Gasteiger partial charge in [0.15, 0.2) is 0 Å². The predicted octanol–water partition coefficient (Wildman–Crippen LogP) is 2.57. The summed E-state index contributed by atoms with van der Waals surface area (Å²) < 4.78 is 37.8. The van der Waals surface area contributed by atoms with E-state index in [-0.39, 0.29) is 18.4 Å². The number of carbonyl (C=O) groups excluding carboxylic acids is 1. The Bertz CT molecular complexity index is 286. The summed E-state index contributed by atoms with van der Waals surface area (Å²) in [5.74, 6) is -0.0392. The van der Waals surface area contributed by atoms with Crippen LogP contribution in [0.4, 0.5) is 13.2 Å². The third kappa shape index (κ3) is 6.27. The van der Waals surface area contributed by atoms with E-state index in [2.05, 4.69) is 5.32 Å². The van der Waals surface area contributed by atoms with Crippen LogP contribution in [-0.4, -0.2) is 42.7 Å². The van der Waals surface area contributed by atoms with E-state index in [0.29, 0.717) is 38.3 Å². The molecule has 112 valence electrons. The van der Waals surface area contributed by atoms with Crippen LogP contribution < -0.4 is 5.32 Å². The molecule has 0 aliphatic carbocycles. The zero-order valence-electron chi connectivity index (χ0n) is 11.6. The fourth-order valence-corrected chi connectivity index (χ4v) is 2.29. The predicted molar refractivity (Wildman–Crippen MR) is 67.7 cm³/mol. The Kier molecular flexibility index (Phi) is 6.10. The summed E-state index contributed by atoms with van der Waals surface area (Å²) in [4.78, 5) is 13.1. The Balaban J connectivity index is 2.64.